The molecular formula is C21H20ClN3O4S. The van der Waals surface area contributed by atoms with Gasteiger partial charge in [-0.3, -0.25) is 4.79 Å². The number of rotatable bonds is 7. The lowest BCUT2D eigenvalue weighted by molar-refractivity contribution is -0.121. The Morgan fingerprint density at radius 1 is 1.17 bits per heavy atom. The van der Waals surface area contributed by atoms with Crippen molar-refractivity contribution in [3.05, 3.63) is 71.2 Å². The number of fused-ring (bicyclic) bond motifs is 1. The van der Waals surface area contributed by atoms with Crippen LogP contribution in [-0.2, 0) is 14.8 Å². The Kier molecular flexibility index (Phi) is 6.71. The molecule has 156 valence electrons. The molecule has 0 aliphatic carbocycles. The maximum absolute atomic E-state index is 12.7. The minimum absolute atomic E-state index is 0.0390. The van der Waals surface area contributed by atoms with Crippen LogP contribution in [0.5, 0.6) is 5.75 Å². The van der Waals surface area contributed by atoms with Crippen LogP contribution in [0.1, 0.15) is 5.56 Å². The minimum atomic E-state index is -3.91. The summed E-state index contributed by atoms with van der Waals surface area (Å²) in [7, 11) is -1.16. The molecule has 3 aromatic rings. The van der Waals surface area contributed by atoms with Crippen molar-refractivity contribution in [1.82, 2.24) is 9.73 Å². The molecule has 0 unspecified atom stereocenters. The molecule has 1 N–H and O–H groups in total. The zero-order chi connectivity index (χ0) is 21.7. The van der Waals surface area contributed by atoms with E-state index in [1.807, 2.05) is 42.5 Å². The average molecular weight is 446 g/mol. The summed E-state index contributed by atoms with van der Waals surface area (Å²) in [6.07, 6.45) is 1.53. The second-order valence-corrected chi connectivity index (χ2v) is 8.87. The zero-order valence-corrected chi connectivity index (χ0v) is 17.9. The summed E-state index contributed by atoms with van der Waals surface area (Å²) in [5, 5.41) is 6.16. The van der Waals surface area contributed by atoms with Crippen molar-refractivity contribution in [2.24, 2.45) is 5.10 Å². The van der Waals surface area contributed by atoms with Gasteiger partial charge in [-0.15, -0.1) is 0 Å². The van der Waals surface area contributed by atoms with Crippen LogP contribution in [0.2, 0.25) is 5.02 Å². The van der Waals surface area contributed by atoms with Gasteiger partial charge in [0, 0.05) is 12.6 Å². The van der Waals surface area contributed by atoms with Gasteiger partial charge in [-0.2, -0.15) is 9.41 Å². The highest BCUT2D eigenvalue weighted by Crippen LogP contribution is 2.28. The van der Waals surface area contributed by atoms with Crippen molar-refractivity contribution in [2.45, 2.75) is 4.90 Å². The van der Waals surface area contributed by atoms with Crippen LogP contribution in [0.15, 0.2) is 70.7 Å². The van der Waals surface area contributed by atoms with Crippen LogP contribution in [0, 0.1) is 0 Å². The molecule has 7 nitrogen and oxygen atoms in total. The largest absolute Gasteiger partial charge is 0.495 e. The molecular weight excluding hydrogens is 426 g/mol. The first-order chi connectivity index (χ1) is 14.3. The number of carbonyl (C=O) groups is 1. The van der Waals surface area contributed by atoms with E-state index in [1.165, 1.54) is 38.6 Å². The first-order valence-electron chi connectivity index (χ1n) is 8.92. The Morgan fingerprint density at radius 2 is 1.90 bits per heavy atom. The standard InChI is InChI=1S/C21H20ClN3O4S/c1-25(30(27,28)17-10-11-20(29-2)19(22)12-17)14-21(26)24-23-13-16-8-5-7-15-6-3-4-9-18(15)16/h3-13H,14H2,1-2H3,(H,24,26)/b23-13+. The highest BCUT2D eigenvalue weighted by Gasteiger charge is 2.23. The molecule has 0 aliphatic rings. The molecule has 0 saturated carbocycles. The van der Waals surface area contributed by atoms with Crippen LogP contribution >= 0.6 is 11.6 Å². The predicted octanol–water partition coefficient (Wildman–Crippen LogP) is 3.27. The van der Waals surface area contributed by atoms with E-state index in [1.54, 1.807) is 0 Å². The average Bonchev–Trinajstić information content (AvgIpc) is 2.73. The number of methoxy groups -OCH3 is 1. The van der Waals surface area contributed by atoms with Crippen molar-refractivity contribution in [3.8, 4) is 5.75 Å². The SMILES string of the molecule is COc1ccc(S(=O)(=O)N(C)CC(=O)N/N=C/c2cccc3ccccc23)cc1Cl. The van der Waals surface area contributed by atoms with Gasteiger partial charge in [0.2, 0.25) is 10.0 Å². The van der Waals surface area contributed by atoms with Crippen molar-refractivity contribution in [1.29, 1.82) is 0 Å². The third-order valence-electron chi connectivity index (χ3n) is 4.41. The molecule has 0 fully saturated rings. The maximum Gasteiger partial charge on any atom is 0.255 e. The molecule has 30 heavy (non-hydrogen) atoms. The van der Waals surface area contributed by atoms with Crippen LogP contribution in [0.3, 0.4) is 0 Å². The number of sulfonamides is 1. The molecule has 3 aromatic carbocycles. The third-order valence-corrected chi connectivity index (χ3v) is 6.51. The molecule has 0 spiro atoms. The Labute approximate surface area is 180 Å². The van der Waals surface area contributed by atoms with Gasteiger partial charge in [0.15, 0.2) is 0 Å². The molecule has 0 aliphatic heterocycles. The van der Waals surface area contributed by atoms with E-state index in [2.05, 4.69) is 10.5 Å². The second-order valence-electron chi connectivity index (χ2n) is 6.42. The van der Waals surface area contributed by atoms with Crippen LogP contribution in [-0.4, -0.2) is 45.5 Å². The van der Waals surface area contributed by atoms with E-state index in [-0.39, 0.29) is 9.92 Å². The molecule has 0 atom stereocenters. The fourth-order valence-electron chi connectivity index (χ4n) is 2.85. The highest BCUT2D eigenvalue weighted by atomic mass is 35.5. The number of halogens is 1. The molecule has 0 saturated heterocycles. The van der Waals surface area contributed by atoms with Gasteiger partial charge >= 0.3 is 0 Å². The van der Waals surface area contributed by atoms with Gasteiger partial charge in [-0.1, -0.05) is 54.1 Å². The lowest BCUT2D eigenvalue weighted by atomic mass is 10.1. The number of amides is 1. The number of likely N-dealkylation sites (N-methyl/N-ethyl adjacent to an activating group) is 1. The van der Waals surface area contributed by atoms with Crippen molar-refractivity contribution in [3.63, 3.8) is 0 Å². The van der Waals surface area contributed by atoms with E-state index in [0.29, 0.717) is 5.75 Å². The fourth-order valence-corrected chi connectivity index (χ4v) is 4.32. The normalized spacial score (nSPS) is 11.9. The summed E-state index contributed by atoms with van der Waals surface area (Å²) >= 11 is 6.01. The number of nitrogens with zero attached hydrogens (tertiary/aromatic N) is 2. The number of benzene rings is 3. The smallest absolute Gasteiger partial charge is 0.255 e. The second kappa shape index (κ2) is 9.25. The maximum atomic E-state index is 12.7. The summed E-state index contributed by atoms with van der Waals surface area (Å²) in [4.78, 5) is 12.1. The molecule has 0 bridgehead atoms. The Hall–Kier alpha value is -2.94. The molecule has 0 heterocycles. The molecule has 9 heteroatoms. The van der Waals surface area contributed by atoms with Crippen LogP contribution < -0.4 is 10.2 Å². The number of ether oxygens (including phenoxy) is 1. The first kappa shape index (κ1) is 21.8. The van der Waals surface area contributed by atoms with E-state index in [0.717, 1.165) is 20.6 Å². The quantitative estimate of drug-likeness (QED) is 0.446. The Balaban J connectivity index is 1.66. The van der Waals surface area contributed by atoms with Gasteiger partial charge in [0.25, 0.3) is 5.91 Å². The first-order valence-corrected chi connectivity index (χ1v) is 10.7. The summed E-state index contributed by atoms with van der Waals surface area (Å²) in [5.41, 5.74) is 3.19. The summed E-state index contributed by atoms with van der Waals surface area (Å²) < 4.78 is 31.3. The van der Waals surface area contributed by atoms with Gasteiger partial charge < -0.3 is 4.74 Å². The molecule has 3 rings (SSSR count). The summed E-state index contributed by atoms with van der Waals surface area (Å²) in [5.74, 6) is -0.212. The predicted molar refractivity (Wildman–Crippen MR) is 118 cm³/mol. The van der Waals surface area contributed by atoms with Gasteiger partial charge in [-0.05, 0) is 29.0 Å². The summed E-state index contributed by atoms with van der Waals surface area (Å²) in [6.45, 7) is -0.404. The highest BCUT2D eigenvalue weighted by molar-refractivity contribution is 7.89. The van der Waals surface area contributed by atoms with Crippen LogP contribution in [0.4, 0.5) is 0 Å². The topological polar surface area (TPSA) is 88.1 Å². The van der Waals surface area contributed by atoms with Gasteiger partial charge in [0.05, 0.1) is 29.8 Å². The fraction of sp³-hybridized carbons (Fsp3) is 0.143. The van der Waals surface area contributed by atoms with Crippen molar-refractivity contribution < 1.29 is 17.9 Å². The Bertz CT molecular complexity index is 1210. The number of carbonyl (C=O) groups excluding carboxylic acids is 1. The van der Waals surface area contributed by atoms with Gasteiger partial charge in [0.1, 0.15) is 5.75 Å². The van der Waals surface area contributed by atoms with Gasteiger partial charge in [-0.25, -0.2) is 13.8 Å². The number of hydrogen-bond acceptors (Lipinski definition) is 5. The van der Waals surface area contributed by atoms with E-state index in [9.17, 15) is 13.2 Å². The molecule has 0 radical (unpaired) electrons. The zero-order valence-electron chi connectivity index (χ0n) is 16.4. The number of nitrogens with one attached hydrogen (secondary N) is 1. The minimum Gasteiger partial charge on any atom is -0.495 e. The summed E-state index contributed by atoms with van der Waals surface area (Å²) in [6, 6.07) is 17.7. The Morgan fingerprint density at radius 3 is 2.63 bits per heavy atom. The number of hydrazone groups is 1. The van der Waals surface area contributed by atoms with Crippen LogP contribution in [0.25, 0.3) is 10.8 Å². The third kappa shape index (κ3) is 4.79. The number of hydrogen-bond donors (Lipinski definition) is 1. The lowest BCUT2D eigenvalue weighted by Crippen LogP contribution is -2.36. The molecule has 0 aromatic heterocycles. The van der Waals surface area contributed by atoms with Crippen molar-refractivity contribution in [2.75, 3.05) is 20.7 Å². The van der Waals surface area contributed by atoms with Crippen molar-refractivity contribution >= 4 is 44.5 Å². The lowest BCUT2D eigenvalue weighted by Gasteiger charge is -2.16. The molecule has 1 amide bonds. The van der Waals surface area contributed by atoms with E-state index in [4.69, 9.17) is 16.3 Å². The van der Waals surface area contributed by atoms with E-state index >= 15 is 0 Å². The monoisotopic (exact) mass is 445 g/mol. The van der Waals surface area contributed by atoms with E-state index < -0.39 is 22.5 Å².